The molecular weight excluding hydrogens is 454 g/mol. The molecule has 1 aliphatic rings. The van der Waals surface area contributed by atoms with Gasteiger partial charge in [0.1, 0.15) is 12.4 Å². The third kappa shape index (κ3) is 7.71. The van der Waals surface area contributed by atoms with Crippen LogP contribution < -0.4 is 4.74 Å². The molecule has 186 valence electrons. The van der Waals surface area contributed by atoms with E-state index in [1.165, 1.54) is 12.1 Å². The van der Waals surface area contributed by atoms with Crippen LogP contribution in [0, 0.1) is 22.0 Å². The molecule has 1 heterocycles. The number of rotatable bonds is 9. The summed E-state index contributed by atoms with van der Waals surface area (Å²) in [5.74, 6) is 1.87. The van der Waals surface area contributed by atoms with E-state index in [4.69, 9.17) is 4.74 Å². The van der Waals surface area contributed by atoms with Crippen LogP contribution in [0.25, 0.3) is 0 Å². The van der Waals surface area contributed by atoms with Gasteiger partial charge in [0.05, 0.1) is 4.92 Å². The Hall–Kier alpha value is -2.64. The lowest BCUT2D eigenvalue weighted by Crippen LogP contribution is -2.49. The number of ether oxygens (including phenoxy) is 1. The van der Waals surface area contributed by atoms with Gasteiger partial charge >= 0.3 is 0 Å². The Labute approximate surface area is 208 Å². The predicted molar refractivity (Wildman–Crippen MR) is 137 cm³/mol. The first-order valence-electron chi connectivity index (χ1n) is 11.7. The quantitative estimate of drug-likeness (QED) is 0.357. The lowest BCUT2D eigenvalue weighted by atomic mass is 9.99. The molecule has 1 fully saturated rings. The van der Waals surface area contributed by atoms with Crippen LogP contribution in [0.2, 0.25) is 0 Å². The van der Waals surface area contributed by atoms with Gasteiger partial charge in [0.25, 0.3) is 11.6 Å². The Kier molecular flexibility index (Phi) is 10.3. The number of non-ortho nitro benzene ring substituents is 1. The van der Waals surface area contributed by atoms with Crippen molar-refractivity contribution < 1.29 is 14.5 Å². The van der Waals surface area contributed by atoms with Crippen molar-refractivity contribution in [2.24, 2.45) is 11.8 Å². The summed E-state index contributed by atoms with van der Waals surface area (Å²) in [5.41, 5.74) is 2.63. The van der Waals surface area contributed by atoms with Crippen LogP contribution in [0.1, 0.15) is 49.2 Å². The van der Waals surface area contributed by atoms with Crippen molar-refractivity contribution in [1.29, 1.82) is 0 Å². The second-order valence-electron chi connectivity index (χ2n) is 9.62. The molecule has 0 spiro atoms. The zero-order valence-corrected chi connectivity index (χ0v) is 21.3. The van der Waals surface area contributed by atoms with E-state index >= 15 is 0 Å². The normalized spacial score (nSPS) is 14.2. The van der Waals surface area contributed by atoms with Gasteiger partial charge in [-0.1, -0.05) is 27.7 Å². The number of hydrogen-bond acceptors (Lipinski definition) is 5. The molecule has 0 bridgehead atoms. The molecule has 0 atom stereocenters. The summed E-state index contributed by atoms with van der Waals surface area (Å²) >= 11 is 0. The zero-order chi connectivity index (χ0) is 24.0. The van der Waals surface area contributed by atoms with Crippen LogP contribution in [-0.4, -0.2) is 53.4 Å². The molecule has 1 amide bonds. The largest absolute Gasteiger partial charge is 0.489 e. The molecular formula is C26H36ClN3O4. The van der Waals surface area contributed by atoms with Crippen molar-refractivity contribution >= 4 is 24.0 Å². The first-order valence-corrected chi connectivity index (χ1v) is 11.7. The number of hydrogen-bond donors (Lipinski definition) is 0. The first kappa shape index (κ1) is 27.6. The lowest BCUT2D eigenvalue weighted by Gasteiger charge is -2.35. The molecule has 3 rings (SSSR count). The molecule has 0 aromatic heterocycles. The van der Waals surface area contributed by atoms with Crippen LogP contribution in [0.15, 0.2) is 42.5 Å². The highest BCUT2D eigenvalue weighted by Gasteiger charge is 2.23. The summed E-state index contributed by atoms with van der Waals surface area (Å²) in [7, 11) is 0. The average molecular weight is 490 g/mol. The maximum Gasteiger partial charge on any atom is 0.269 e. The molecule has 0 aliphatic carbocycles. The standard InChI is InChI=1S/C26H35N3O4.ClH/c1-19(2)15-23-16-22(26(30)28-13-11-27(12-14-28)17-20(3)4)7-10-25(23)33-18-21-5-8-24(9-6-21)29(31)32;/h5-10,16,19-20H,11-15,17-18H2,1-4H3;1H. The molecule has 0 unspecified atom stereocenters. The van der Waals surface area contributed by atoms with E-state index < -0.39 is 4.92 Å². The van der Waals surface area contributed by atoms with Crippen LogP contribution in [0.4, 0.5) is 5.69 Å². The third-order valence-corrected chi connectivity index (χ3v) is 5.76. The van der Waals surface area contributed by atoms with E-state index in [0.717, 1.165) is 56.0 Å². The van der Waals surface area contributed by atoms with Gasteiger partial charge in [-0.05, 0) is 59.7 Å². The van der Waals surface area contributed by atoms with Gasteiger partial charge in [-0.25, -0.2) is 0 Å². The van der Waals surface area contributed by atoms with Crippen molar-refractivity contribution in [1.82, 2.24) is 9.80 Å². The van der Waals surface area contributed by atoms with E-state index in [9.17, 15) is 14.9 Å². The van der Waals surface area contributed by atoms with Crippen molar-refractivity contribution in [3.8, 4) is 5.75 Å². The number of halogens is 1. The SMILES string of the molecule is CC(C)Cc1cc(C(=O)N2CCN(CC(C)C)CC2)ccc1OCc1ccc([N+](=O)[O-])cc1.Cl. The van der Waals surface area contributed by atoms with E-state index in [1.807, 2.05) is 23.1 Å². The monoisotopic (exact) mass is 489 g/mol. The molecule has 2 aromatic carbocycles. The summed E-state index contributed by atoms with van der Waals surface area (Å²) in [6.07, 6.45) is 0.804. The number of piperazine rings is 1. The zero-order valence-electron chi connectivity index (χ0n) is 20.5. The minimum atomic E-state index is -0.411. The van der Waals surface area contributed by atoms with E-state index in [-0.39, 0.29) is 24.0 Å². The summed E-state index contributed by atoms with van der Waals surface area (Å²) in [6.45, 7) is 13.4. The van der Waals surface area contributed by atoms with Gasteiger partial charge in [-0.2, -0.15) is 0 Å². The average Bonchev–Trinajstić information content (AvgIpc) is 2.77. The topological polar surface area (TPSA) is 75.9 Å². The molecule has 7 nitrogen and oxygen atoms in total. The van der Waals surface area contributed by atoms with E-state index in [0.29, 0.717) is 24.0 Å². The third-order valence-electron chi connectivity index (χ3n) is 5.76. The molecule has 8 heteroatoms. The lowest BCUT2D eigenvalue weighted by molar-refractivity contribution is -0.384. The molecule has 0 saturated carbocycles. The fraction of sp³-hybridized carbons (Fsp3) is 0.500. The van der Waals surface area contributed by atoms with Crippen LogP contribution >= 0.6 is 12.4 Å². The fourth-order valence-electron chi connectivity index (χ4n) is 4.16. The molecule has 0 N–H and O–H groups in total. The maximum atomic E-state index is 13.2. The Balaban J connectivity index is 0.00000408. The van der Waals surface area contributed by atoms with Crippen molar-refractivity contribution in [2.75, 3.05) is 32.7 Å². The maximum absolute atomic E-state index is 13.2. The summed E-state index contributed by atoms with van der Waals surface area (Å²) in [4.78, 5) is 28.0. The van der Waals surface area contributed by atoms with Gasteiger partial charge in [-0.15, -0.1) is 12.4 Å². The van der Waals surface area contributed by atoms with Gasteiger partial charge in [-0.3, -0.25) is 19.8 Å². The predicted octanol–water partition coefficient (Wildman–Crippen LogP) is 5.21. The minimum Gasteiger partial charge on any atom is -0.489 e. The van der Waals surface area contributed by atoms with Gasteiger partial charge in [0.15, 0.2) is 0 Å². The highest BCUT2D eigenvalue weighted by molar-refractivity contribution is 5.94. The van der Waals surface area contributed by atoms with Gasteiger partial charge in [0, 0.05) is 50.4 Å². The molecule has 1 aliphatic heterocycles. The van der Waals surface area contributed by atoms with Crippen molar-refractivity contribution in [2.45, 2.75) is 40.7 Å². The van der Waals surface area contributed by atoms with Crippen LogP contribution in [0.5, 0.6) is 5.75 Å². The number of benzene rings is 2. The van der Waals surface area contributed by atoms with E-state index in [1.54, 1.807) is 12.1 Å². The Morgan fingerprint density at radius 2 is 1.65 bits per heavy atom. The Morgan fingerprint density at radius 1 is 1.00 bits per heavy atom. The fourth-order valence-corrected chi connectivity index (χ4v) is 4.16. The number of nitro benzene ring substituents is 1. The molecule has 0 radical (unpaired) electrons. The summed E-state index contributed by atoms with van der Waals surface area (Å²) < 4.78 is 6.05. The number of nitrogens with zero attached hydrogens (tertiary/aromatic N) is 3. The number of amides is 1. The first-order chi connectivity index (χ1) is 15.7. The number of carbonyl (C=O) groups is 1. The molecule has 1 saturated heterocycles. The summed E-state index contributed by atoms with van der Waals surface area (Å²) in [5, 5.41) is 10.8. The molecule has 2 aromatic rings. The second-order valence-corrected chi connectivity index (χ2v) is 9.62. The molecule has 34 heavy (non-hydrogen) atoms. The Bertz CT molecular complexity index is 955. The smallest absolute Gasteiger partial charge is 0.269 e. The number of nitro groups is 1. The minimum absolute atomic E-state index is 0. The Morgan fingerprint density at radius 3 is 2.21 bits per heavy atom. The van der Waals surface area contributed by atoms with Crippen molar-refractivity contribution in [3.63, 3.8) is 0 Å². The van der Waals surface area contributed by atoms with Gasteiger partial charge < -0.3 is 9.64 Å². The summed E-state index contributed by atoms with van der Waals surface area (Å²) in [6, 6.07) is 12.1. The number of carbonyl (C=O) groups excluding carboxylic acids is 1. The highest BCUT2D eigenvalue weighted by atomic mass is 35.5. The van der Waals surface area contributed by atoms with Crippen LogP contribution in [0.3, 0.4) is 0 Å². The van der Waals surface area contributed by atoms with E-state index in [2.05, 4.69) is 32.6 Å². The van der Waals surface area contributed by atoms with Gasteiger partial charge in [0.2, 0.25) is 0 Å². The second kappa shape index (κ2) is 12.7. The van der Waals surface area contributed by atoms with Crippen LogP contribution in [-0.2, 0) is 13.0 Å². The highest BCUT2D eigenvalue weighted by Crippen LogP contribution is 2.26. The van der Waals surface area contributed by atoms with Crippen molar-refractivity contribution in [3.05, 3.63) is 69.3 Å².